The fourth-order valence-electron chi connectivity index (χ4n) is 3.17. The third kappa shape index (κ3) is 4.71. The van der Waals surface area contributed by atoms with E-state index in [1.165, 1.54) is 5.56 Å². The predicted molar refractivity (Wildman–Crippen MR) is 99.2 cm³/mol. The summed E-state index contributed by atoms with van der Waals surface area (Å²) in [7, 11) is 0. The molecule has 0 amide bonds. The van der Waals surface area contributed by atoms with Crippen molar-refractivity contribution >= 4 is 21.9 Å². The van der Waals surface area contributed by atoms with Gasteiger partial charge >= 0.3 is 0 Å². The second-order valence-corrected chi connectivity index (χ2v) is 7.12. The van der Waals surface area contributed by atoms with Gasteiger partial charge in [-0.1, -0.05) is 28.1 Å². The first kappa shape index (κ1) is 17.7. The summed E-state index contributed by atoms with van der Waals surface area (Å²) in [5.74, 6) is 0.965. The second-order valence-electron chi connectivity index (χ2n) is 6.20. The number of halogens is 1. The Labute approximate surface area is 152 Å². The summed E-state index contributed by atoms with van der Waals surface area (Å²) in [6, 6.07) is 8.32. The zero-order valence-electron chi connectivity index (χ0n) is 14.2. The summed E-state index contributed by atoms with van der Waals surface area (Å²) in [4.78, 5) is 7.12. The second kappa shape index (κ2) is 8.83. The van der Waals surface area contributed by atoms with Crippen LogP contribution < -0.4 is 5.32 Å². The molecule has 2 saturated heterocycles. The number of rotatable bonds is 4. The number of hydrogen-bond donors (Lipinski definition) is 1. The van der Waals surface area contributed by atoms with E-state index < -0.39 is 0 Å². The van der Waals surface area contributed by atoms with Gasteiger partial charge in [0.05, 0.1) is 19.3 Å². The first-order chi connectivity index (χ1) is 11.8. The highest BCUT2D eigenvalue weighted by molar-refractivity contribution is 9.10. The molecule has 0 saturated carbocycles. The van der Waals surface area contributed by atoms with Gasteiger partial charge in [-0.05, 0) is 37.5 Å². The highest BCUT2D eigenvalue weighted by Crippen LogP contribution is 2.21. The van der Waals surface area contributed by atoms with E-state index in [-0.39, 0.29) is 12.2 Å². The van der Waals surface area contributed by atoms with Gasteiger partial charge in [-0.2, -0.15) is 0 Å². The van der Waals surface area contributed by atoms with Crippen LogP contribution in [0.25, 0.3) is 0 Å². The van der Waals surface area contributed by atoms with Crippen molar-refractivity contribution in [3.8, 4) is 0 Å². The Kier molecular flexibility index (Phi) is 6.51. The number of ether oxygens (including phenoxy) is 2. The molecule has 6 heteroatoms. The smallest absolute Gasteiger partial charge is 0.194 e. The molecule has 24 heavy (non-hydrogen) atoms. The van der Waals surface area contributed by atoms with Crippen LogP contribution in [0.4, 0.5) is 0 Å². The van der Waals surface area contributed by atoms with Gasteiger partial charge < -0.3 is 19.7 Å². The quantitative estimate of drug-likeness (QED) is 0.628. The summed E-state index contributed by atoms with van der Waals surface area (Å²) in [6.45, 7) is 6.95. The van der Waals surface area contributed by atoms with Gasteiger partial charge in [-0.3, -0.25) is 0 Å². The number of hydrogen-bond acceptors (Lipinski definition) is 3. The highest BCUT2D eigenvalue weighted by atomic mass is 79.9. The first-order valence-electron chi connectivity index (χ1n) is 8.77. The Bertz CT molecular complexity index is 544. The minimum atomic E-state index is 0.151. The number of nitrogens with zero attached hydrogens (tertiary/aromatic N) is 2. The maximum Gasteiger partial charge on any atom is 0.194 e. The molecule has 132 valence electrons. The molecular weight excluding hydrogens is 370 g/mol. The van der Waals surface area contributed by atoms with Gasteiger partial charge in [0, 0.05) is 30.7 Å². The Hall–Kier alpha value is -1.11. The summed E-state index contributed by atoms with van der Waals surface area (Å²) < 4.78 is 12.8. The van der Waals surface area contributed by atoms with Crippen molar-refractivity contribution < 1.29 is 9.47 Å². The summed E-state index contributed by atoms with van der Waals surface area (Å²) >= 11 is 3.47. The van der Waals surface area contributed by atoms with Crippen LogP contribution >= 0.6 is 15.9 Å². The van der Waals surface area contributed by atoms with Gasteiger partial charge in [0.25, 0.3) is 0 Å². The zero-order chi connectivity index (χ0) is 16.8. The van der Waals surface area contributed by atoms with E-state index >= 15 is 0 Å². The lowest BCUT2D eigenvalue weighted by Crippen LogP contribution is -2.53. The molecule has 2 aliphatic heterocycles. The van der Waals surface area contributed by atoms with Crippen LogP contribution in [-0.2, 0) is 16.0 Å². The topological polar surface area (TPSA) is 46.1 Å². The average molecular weight is 396 g/mol. The summed E-state index contributed by atoms with van der Waals surface area (Å²) in [6.07, 6.45) is 2.63. The number of aliphatic imine (C=N–C) groups is 1. The molecule has 1 N–H and O–H groups in total. The van der Waals surface area contributed by atoms with Crippen LogP contribution in [0.3, 0.4) is 0 Å². The standard InChI is InChI=1S/C18H26BrN3O2/c1-2-20-18(21-12-14-5-7-15(19)8-6-14)22-9-11-24-17(13-22)16-4-3-10-23-16/h5-8,16-17H,2-4,9-13H2,1H3,(H,20,21). The maximum atomic E-state index is 5.94. The summed E-state index contributed by atoms with van der Waals surface area (Å²) in [5, 5.41) is 3.42. The number of benzene rings is 1. The monoisotopic (exact) mass is 395 g/mol. The van der Waals surface area contributed by atoms with Crippen molar-refractivity contribution in [3.05, 3.63) is 34.3 Å². The highest BCUT2D eigenvalue weighted by Gasteiger charge is 2.32. The molecule has 2 aliphatic rings. The van der Waals surface area contributed by atoms with Crippen molar-refractivity contribution in [3.63, 3.8) is 0 Å². The Morgan fingerprint density at radius 1 is 1.25 bits per heavy atom. The molecule has 0 radical (unpaired) electrons. The predicted octanol–water partition coefficient (Wildman–Crippen LogP) is 2.79. The third-order valence-corrected chi connectivity index (χ3v) is 4.96. The molecule has 1 aromatic rings. The zero-order valence-corrected chi connectivity index (χ0v) is 15.8. The van der Waals surface area contributed by atoms with Crippen LogP contribution in [-0.4, -0.2) is 55.9 Å². The Morgan fingerprint density at radius 3 is 2.75 bits per heavy atom. The normalized spacial score (nSPS) is 25.1. The van der Waals surface area contributed by atoms with Gasteiger partial charge in [-0.25, -0.2) is 4.99 Å². The fourth-order valence-corrected chi connectivity index (χ4v) is 3.43. The molecular formula is C18H26BrN3O2. The molecule has 2 unspecified atom stereocenters. The van der Waals surface area contributed by atoms with E-state index in [9.17, 15) is 0 Å². The van der Waals surface area contributed by atoms with E-state index in [4.69, 9.17) is 14.5 Å². The molecule has 0 spiro atoms. The molecule has 0 aromatic heterocycles. The van der Waals surface area contributed by atoms with E-state index in [1.54, 1.807) is 0 Å². The van der Waals surface area contributed by atoms with Crippen molar-refractivity contribution in [2.24, 2.45) is 4.99 Å². The number of nitrogens with one attached hydrogen (secondary N) is 1. The molecule has 0 aliphatic carbocycles. The van der Waals surface area contributed by atoms with E-state index in [2.05, 4.69) is 57.3 Å². The fraction of sp³-hybridized carbons (Fsp3) is 0.611. The maximum absolute atomic E-state index is 5.94. The molecule has 2 heterocycles. The van der Waals surface area contributed by atoms with E-state index in [0.717, 1.165) is 56.1 Å². The average Bonchev–Trinajstić information content (AvgIpc) is 3.15. The molecule has 5 nitrogen and oxygen atoms in total. The lowest BCUT2D eigenvalue weighted by atomic mass is 10.1. The van der Waals surface area contributed by atoms with Crippen LogP contribution in [0.1, 0.15) is 25.3 Å². The van der Waals surface area contributed by atoms with Gasteiger partial charge in [0.1, 0.15) is 6.10 Å². The van der Waals surface area contributed by atoms with E-state index in [0.29, 0.717) is 6.54 Å². The van der Waals surface area contributed by atoms with E-state index in [1.807, 2.05) is 0 Å². The molecule has 0 bridgehead atoms. The first-order valence-corrected chi connectivity index (χ1v) is 9.56. The van der Waals surface area contributed by atoms with Crippen molar-refractivity contribution in [1.82, 2.24) is 10.2 Å². The molecule has 3 rings (SSSR count). The SMILES string of the molecule is CCNC(=NCc1ccc(Br)cc1)N1CCOC(C2CCCO2)C1. The Balaban J connectivity index is 1.64. The minimum absolute atomic E-state index is 0.151. The van der Waals surface area contributed by atoms with Gasteiger partial charge in [0.15, 0.2) is 5.96 Å². The van der Waals surface area contributed by atoms with Crippen LogP contribution in [0.5, 0.6) is 0 Å². The molecule has 2 fully saturated rings. The number of guanidine groups is 1. The number of morpholine rings is 1. The van der Waals surface area contributed by atoms with Crippen molar-refractivity contribution in [2.45, 2.75) is 38.5 Å². The van der Waals surface area contributed by atoms with Gasteiger partial charge in [-0.15, -0.1) is 0 Å². The van der Waals surface area contributed by atoms with Crippen LogP contribution in [0, 0.1) is 0 Å². The third-order valence-electron chi connectivity index (χ3n) is 4.43. The lowest BCUT2D eigenvalue weighted by Gasteiger charge is -2.37. The largest absolute Gasteiger partial charge is 0.375 e. The summed E-state index contributed by atoms with van der Waals surface area (Å²) in [5.41, 5.74) is 1.21. The molecule has 2 atom stereocenters. The molecule has 1 aromatic carbocycles. The van der Waals surface area contributed by atoms with Crippen molar-refractivity contribution in [2.75, 3.05) is 32.8 Å². The lowest BCUT2D eigenvalue weighted by molar-refractivity contribution is -0.0817. The Morgan fingerprint density at radius 2 is 2.04 bits per heavy atom. The van der Waals surface area contributed by atoms with Gasteiger partial charge in [0.2, 0.25) is 0 Å². The minimum Gasteiger partial charge on any atom is -0.375 e. The van der Waals surface area contributed by atoms with Crippen LogP contribution in [0.2, 0.25) is 0 Å². The van der Waals surface area contributed by atoms with Crippen molar-refractivity contribution in [1.29, 1.82) is 0 Å². The van der Waals surface area contributed by atoms with Crippen LogP contribution in [0.15, 0.2) is 33.7 Å².